The maximum absolute atomic E-state index is 12.6. The van der Waals surface area contributed by atoms with Crippen LogP contribution < -0.4 is 0 Å². The minimum atomic E-state index is -5.08. The van der Waals surface area contributed by atoms with Gasteiger partial charge in [-0.25, -0.2) is 8.42 Å². The van der Waals surface area contributed by atoms with Gasteiger partial charge in [-0.3, -0.25) is 10.1 Å². The summed E-state index contributed by atoms with van der Waals surface area (Å²) in [5, 5.41) is 10.6. The molecule has 0 aliphatic rings. The standard InChI is InChI=1S/C7H2BrClF3NO4S/c8-3-1-4(7(10,11)12)6(13(14)15)5(2-3)18(9,16)17/h1-2H. The molecule has 1 aromatic carbocycles. The fourth-order valence-corrected chi connectivity index (χ4v) is 2.81. The van der Waals surface area contributed by atoms with E-state index in [1.807, 2.05) is 0 Å². The fraction of sp³-hybridized carbons (Fsp3) is 0.143. The molecule has 0 N–H and O–H groups in total. The van der Waals surface area contributed by atoms with Crippen molar-refractivity contribution in [2.45, 2.75) is 11.1 Å². The predicted octanol–water partition coefficient (Wildman–Crippen LogP) is 3.30. The van der Waals surface area contributed by atoms with E-state index in [4.69, 9.17) is 10.7 Å². The molecule has 1 aromatic rings. The molecular formula is C7H2BrClF3NO4S. The van der Waals surface area contributed by atoms with Crippen LogP contribution in [0.4, 0.5) is 18.9 Å². The molecule has 0 spiro atoms. The van der Waals surface area contributed by atoms with Gasteiger partial charge in [-0.2, -0.15) is 13.2 Å². The molecule has 0 aliphatic carbocycles. The zero-order valence-electron chi connectivity index (χ0n) is 8.03. The van der Waals surface area contributed by atoms with Gasteiger partial charge in [-0.15, -0.1) is 0 Å². The Bertz CT molecular complexity index is 616. The fourth-order valence-electron chi connectivity index (χ4n) is 1.16. The summed E-state index contributed by atoms with van der Waals surface area (Å²) >= 11 is 2.64. The van der Waals surface area contributed by atoms with Gasteiger partial charge < -0.3 is 0 Å². The number of nitrogens with zero attached hydrogens (tertiary/aromatic N) is 1. The molecule has 1 rings (SSSR count). The van der Waals surface area contributed by atoms with Crippen LogP contribution in [0.3, 0.4) is 0 Å². The molecule has 0 unspecified atom stereocenters. The molecule has 18 heavy (non-hydrogen) atoms. The zero-order valence-corrected chi connectivity index (χ0v) is 11.2. The Labute approximate surface area is 111 Å². The van der Waals surface area contributed by atoms with Crippen LogP contribution in [-0.2, 0) is 15.2 Å². The molecule has 100 valence electrons. The minimum absolute atomic E-state index is 0.292. The summed E-state index contributed by atoms with van der Waals surface area (Å²) in [4.78, 5) is 7.96. The van der Waals surface area contributed by atoms with Crippen molar-refractivity contribution >= 4 is 41.4 Å². The second-order valence-corrected chi connectivity index (χ2v) is 6.44. The maximum Gasteiger partial charge on any atom is 0.423 e. The third-order valence-corrected chi connectivity index (χ3v) is 3.58. The molecule has 0 amide bonds. The molecule has 0 saturated carbocycles. The summed E-state index contributed by atoms with van der Waals surface area (Å²) in [6, 6.07) is 1.04. The lowest BCUT2D eigenvalue weighted by molar-refractivity contribution is -0.391. The molecule has 0 radical (unpaired) electrons. The summed E-state index contributed by atoms with van der Waals surface area (Å²) in [6.07, 6.45) is -5.08. The molecule has 0 bridgehead atoms. The highest BCUT2D eigenvalue weighted by Crippen LogP contribution is 2.42. The second-order valence-electron chi connectivity index (χ2n) is 2.99. The van der Waals surface area contributed by atoms with Gasteiger partial charge in [0.15, 0.2) is 4.90 Å². The largest absolute Gasteiger partial charge is 0.423 e. The maximum atomic E-state index is 12.6. The van der Waals surface area contributed by atoms with Gasteiger partial charge in [-0.1, -0.05) is 15.9 Å². The van der Waals surface area contributed by atoms with Crippen molar-refractivity contribution in [3.05, 3.63) is 32.3 Å². The number of benzene rings is 1. The van der Waals surface area contributed by atoms with Crippen LogP contribution in [-0.4, -0.2) is 13.3 Å². The van der Waals surface area contributed by atoms with Crippen LogP contribution >= 0.6 is 26.6 Å². The van der Waals surface area contributed by atoms with E-state index >= 15 is 0 Å². The van der Waals surface area contributed by atoms with Crippen LogP contribution in [0.5, 0.6) is 0 Å². The summed E-state index contributed by atoms with van der Waals surface area (Å²) in [6.45, 7) is 0. The van der Waals surface area contributed by atoms with Crippen molar-refractivity contribution in [2.24, 2.45) is 0 Å². The quantitative estimate of drug-likeness (QED) is 0.456. The van der Waals surface area contributed by atoms with Crippen molar-refractivity contribution in [2.75, 3.05) is 0 Å². The number of hydrogen-bond acceptors (Lipinski definition) is 4. The van der Waals surface area contributed by atoms with Gasteiger partial charge in [0.25, 0.3) is 9.05 Å². The molecule has 5 nitrogen and oxygen atoms in total. The van der Waals surface area contributed by atoms with Gasteiger partial charge >= 0.3 is 11.9 Å². The Morgan fingerprint density at radius 2 is 1.83 bits per heavy atom. The summed E-state index contributed by atoms with van der Waals surface area (Å²) in [5.41, 5.74) is -3.29. The second kappa shape index (κ2) is 4.67. The molecular weight excluding hydrogens is 366 g/mol. The van der Waals surface area contributed by atoms with Crippen molar-refractivity contribution in [3.8, 4) is 0 Å². The van der Waals surface area contributed by atoms with Crippen LogP contribution in [0, 0.1) is 10.1 Å². The Balaban J connectivity index is 3.86. The molecule has 11 heteroatoms. The Kier molecular flexibility index (Phi) is 3.94. The first kappa shape index (κ1) is 15.2. The van der Waals surface area contributed by atoms with E-state index in [1.54, 1.807) is 0 Å². The third-order valence-electron chi connectivity index (χ3n) is 1.79. The Hall–Kier alpha value is -0.870. The van der Waals surface area contributed by atoms with Gasteiger partial charge in [0.2, 0.25) is 0 Å². The molecule has 0 aliphatic heterocycles. The number of nitro benzene ring substituents is 1. The van der Waals surface area contributed by atoms with E-state index in [1.165, 1.54) is 0 Å². The van der Waals surface area contributed by atoms with Gasteiger partial charge in [-0.05, 0) is 12.1 Å². The van der Waals surface area contributed by atoms with E-state index in [0.717, 1.165) is 0 Å². The number of alkyl halides is 3. The smallest absolute Gasteiger partial charge is 0.258 e. The Morgan fingerprint density at radius 3 is 2.17 bits per heavy atom. The summed E-state index contributed by atoms with van der Waals surface area (Å²) < 4.78 is 59.6. The van der Waals surface area contributed by atoms with E-state index in [2.05, 4.69) is 15.9 Å². The summed E-state index contributed by atoms with van der Waals surface area (Å²) in [7, 11) is 0.198. The van der Waals surface area contributed by atoms with E-state index < -0.39 is 36.3 Å². The summed E-state index contributed by atoms with van der Waals surface area (Å²) in [5.74, 6) is 0. The van der Waals surface area contributed by atoms with Gasteiger partial charge in [0.05, 0.1) is 4.92 Å². The topological polar surface area (TPSA) is 77.3 Å². The third kappa shape index (κ3) is 3.12. The lowest BCUT2D eigenvalue weighted by atomic mass is 10.2. The SMILES string of the molecule is O=[N+]([O-])c1c(C(F)(F)F)cc(Br)cc1S(=O)(=O)Cl. The lowest BCUT2D eigenvalue weighted by Crippen LogP contribution is -2.12. The van der Waals surface area contributed by atoms with E-state index in [0.29, 0.717) is 12.1 Å². The first-order chi connectivity index (χ1) is 7.94. The van der Waals surface area contributed by atoms with E-state index in [9.17, 15) is 31.7 Å². The molecule has 0 atom stereocenters. The average Bonchev–Trinajstić information content (AvgIpc) is 2.12. The van der Waals surface area contributed by atoms with Gasteiger partial charge in [0.1, 0.15) is 5.56 Å². The molecule has 0 aromatic heterocycles. The van der Waals surface area contributed by atoms with Crippen molar-refractivity contribution in [3.63, 3.8) is 0 Å². The van der Waals surface area contributed by atoms with Crippen molar-refractivity contribution < 1.29 is 26.5 Å². The van der Waals surface area contributed by atoms with E-state index in [-0.39, 0.29) is 4.47 Å². The van der Waals surface area contributed by atoms with Crippen LogP contribution in [0.25, 0.3) is 0 Å². The number of hydrogen-bond donors (Lipinski definition) is 0. The average molecular weight is 369 g/mol. The van der Waals surface area contributed by atoms with Gasteiger partial charge in [0, 0.05) is 15.2 Å². The van der Waals surface area contributed by atoms with Crippen LogP contribution in [0.1, 0.15) is 5.56 Å². The van der Waals surface area contributed by atoms with Crippen LogP contribution in [0.2, 0.25) is 0 Å². The lowest BCUT2D eigenvalue weighted by Gasteiger charge is -2.10. The first-order valence-electron chi connectivity index (χ1n) is 3.94. The normalized spacial score (nSPS) is 12.5. The van der Waals surface area contributed by atoms with Crippen molar-refractivity contribution in [1.29, 1.82) is 0 Å². The van der Waals surface area contributed by atoms with Crippen molar-refractivity contribution in [1.82, 2.24) is 0 Å². The highest BCUT2D eigenvalue weighted by Gasteiger charge is 2.42. The first-order valence-corrected chi connectivity index (χ1v) is 7.04. The molecule has 0 fully saturated rings. The molecule has 0 heterocycles. The minimum Gasteiger partial charge on any atom is -0.258 e. The highest BCUT2D eigenvalue weighted by atomic mass is 79.9. The van der Waals surface area contributed by atoms with Crippen LogP contribution in [0.15, 0.2) is 21.5 Å². The predicted molar refractivity (Wildman–Crippen MR) is 58.8 cm³/mol. The number of rotatable bonds is 2. The number of nitro groups is 1. The highest BCUT2D eigenvalue weighted by molar-refractivity contribution is 9.10. The zero-order chi connectivity index (χ0) is 14.3. The Morgan fingerprint density at radius 1 is 1.33 bits per heavy atom. The molecule has 0 saturated heterocycles. The number of halogens is 5. The monoisotopic (exact) mass is 367 g/mol.